The van der Waals surface area contributed by atoms with Gasteiger partial charge in [-0.3, -0.25) is 10.1 Å². The largest absolute Gasteiger partial charge is 0.497 e. The first kappa shape index (κ1) is 14.9. The van der Waals surface area contributed by atoms with Crippen LogP contribution in [0.1, 0.15) is 0 Å². The number of nitro benzene ring substituents is 1. The summed E-state index contributed by atoms with van der Waals surface area (Å²) in [7, 11) is 1.61. The fourth-order valence-electron chi connectivity index (χ4n) is 1.97. The predicted molar refractivity (Wildman–Crippen MR) is 88.3 cm³/mol. The van der Waals surface area contributed by atoms with Crippen LogP contribution in [0.15, 0.2) is 48.5 Å². The van der Waals surface area contributed by atoms with Crippen molar-refractivity contribution < 1.29 is 9.66 Å². The number of methoxy groups -OCH3 is 1. The average molecular weight is 328 g/mol. The van der Waals surface area contributed by atoms with E-state index >= 15 is 0 Å². The molecule has 8 heteroatoms. The van der Waals surface area contributed by atoms with E-state index in [2.05, 4.69) is 15.5 Å². The van der Waals surface area contributed by atoms with Crippen LogP contribution in [0.5, 0.6) is 5.75 Å². The molecule has 0 saturated carbocycles. The Bertz CT molecular complexity index is 850. The molecule has 0 atom stereocenters. The van der Waals surface area contributed by atoms with Crippen LogP contribution in [0, 0.1) is 10.1 Å². The van der Waals surface area contributed by atoms with E-state index in [1.807, 2.05) is 24.3 Å². The summed E-state index contributed by atoms with van der Waals surface area (Å²) in [5.41, 5.74) is 1.51. The maximum Gasteiger partial charge on any atom is 0.271 e. The van der Waals surface area contributed by atoms with Gasteiger partial charge >= 0.3 is 0 Å². The van der Waals surface area contributed by atoms with Crippen molar-refractivity contribution in [2.75, 3.05) is 12.4 Å². The molecule has 3 rings (SSSR count). The fourth-order valence-corrected chi connectivity index (χ4v) is 2.73. The average Bonchev–Trinajstić information content (AvgIpc) is 3.03. The molecule has 0 aliphatic carbocycles. The lowest BCUT2D eigenvalue weighted by molar-refractivity contribution is -0.384. The molecule has 2 aromatic carbocycles. The van der Waals surface area contributed by atoms with Gasteiger partial charge in [0.25, 0.3) is 5.69 Å². The van der Waals surface area contributed by atoms with Crippen LogP contribution >= 0.6 is 11.3 Å². The van der Waals surface area contributed by atoms with Gasteiger partial charge in [0.05, 0.1) is 12.0 Å². The van der Waals surface area contributed by atoms with Gasteiger partial charge in [-0.05, 0) is 18.2 Å². The highest BCUT2D eigenvalue weighted by molar-refractivity contribution is 7.18. The summed E-state index contributed by atoms with van der Waals surface area (Å²) in [5.74, 6) is 0.742. The Kier molecular flexibility index (Phi) is 4.15. The van der Waals surface area contributed by atoms with E-state index in [1.165, 1.54) is 23.5 Å². The first-order valence-electron chi connectivity index (χ1n) is 6.65. The van der Waals surface area contributed by atoms with Crippen molar-refractivity contribution in [1.29, 1.82) is 0 Å². The maximum atomic E-state index is 10.8. The van der Waals surface area contributed by atoms with Gasteiger partial charge in [-0.2, -0.15) is 0 Å². The van der Waals surface area contributed by atoms with Gasteiger partial charge in [0.1, 0.15) is 10.8 Å². The van der Waals surface area contributed by atoms with Crippen LogP contribution in [0.4, 0.5) is 16.5 Å². The molecule has 0 saturated heterocycles. The molecule has 23 heavy (non-hydrogen) atoms. The molecular formula is C15H12N4O3S. The smallest absolute Gasteiger partial charge is 0.271 e. The van der Waals surface area contributed by atoms with Gasteiger partial charge in [0.15, 0.2) is 0 Å². The van der Waals surface area contributed by atoms with Crippen LogP contribution in [0.25, 0.3) is 10.6 Å². The molecule has 0 radical (unpaired) electrons. The summed E-state index contributed by atoms with van der Waals surface area (Å²) in [6.07, 6.45) is 0. The number of hydrogen-bond donors (Lipinski definition) is 1. The van der Waals surface area contributed by atoms with Gasteiger partial charge in [0.2, 0.25) is 5.13 Å². The van der Waals surface area contributed by atoms with Gasteiger partial charge < -0.3 is 10.1 Å². The van der Waals surface area contributed by atoms with Crippen molar-refractivity contribution in [1.82, 2.24) is 10.2 Å². The lowest BCUT2D eigenvalue weighted by Gasteiger charge is -2.01. The Balaban J connectivity index is 1.82. The minimum atomic E-state index is -0.438. The monoisotopic (exact) mass is 328 g/mol. The van der Waals surface area contributed by atoms with Gasteiger partial charge in [-0.15, -0.1) is 10.2 Å². The number of rotatable bonds is 5. The standard InChI is InChI=1S/C15H12N4O3S/c1-22-13-7-2-4-10(8-13)14-17-18-15(23-14)16-11-5-3-6-12(9-11)19(20)21/h2-9H,1H3,(H,16,18). The zero-order valence-electron chi connectivity index (χ0n) is 12.1. The van der Waals surface area contributed by atoms with Gasteiger partial charge in [-0.1, -0.05) is 29.5 Å². The van der Waals surface area contributed by atoms with Crippen molar-refractivity contribution in [3.63, 3.8) is 0 Å². The summed E-state index contributed by atoms with van der Waals surface area (Å²) in [4.78, 5) is 10.4. The third-order valence-corrected chi connectivity index (χ3v) is 3.94. The SMILES string of the molecule is COc1cccc(-c2nnc(Nc3cccc([N+](=O)[O-])c3)s2)c1. The summed E-state index contributed by atoms with van der Waals surface area (Å²) in [6.45, 7) is 0. The second kappa shape index (κ2) is 6.41. The molecule has 0 aliphatic heterocycles. The molecule has 0 aliphatic rings. The fraction of sp³-hybridized carbons (Fsp3) is 0.0667. The number of aromatic nitrogens is 2. The summed E-state index contributed by atoms with van der Waals surface area (Å²) < 4.78 is 5.19. The van der Waals surface area contributed by atoms with Crippen LogP contribution in [-0.2, 0) is 0 Å². The first-order valence-corrected chi connectivity index (χ1v) is 7.47. The van der Waals surface area contributed by atoms with Crippen molar-refractivity contribution in [2.45, 2.75) is 0 Å². The van der Waals surface area contributed by atoms with E-state index in [0.29, 0.717) is 10.8 Å². The summed E-state index contributed by atoms with van der Waals surface area (Å²) in [5, 5.41) is 23.3. The van der Waals surface area contributed by atoms with E-state index in [9.17, 15) is 10.1 Å². The highest BCUT2D eigenvalue weighted by Crippen LogP contribution is 2.30. The number of hydrogen-bond acceptors (Lipinski definition) is 7. The topological polar surface area (TPSA) is 90.2 Å². The lowest BCUT2D eigenvalue weighted by Crippen LogP contribution is -1.92. The Morgan fingerprint density at radius 3 is 2.78 bits per heavy atom. The molecular weight excluding hydrogens is 316 g/mol. The number of ether oxygens (including phenoxy) is 1. The molecule has 0 bridgehead atoms. The Morgan fingerprint density at radius 2 is 2.00 bits per heavy atom. The molecule has 0 amide bonds. The van der Waals surface area contributed by atoms with Crippen molar-refractivity contribution in [3.8, 4) is 16.3 Å². The number of nitro groups is 1. The van der Waals surface area contributed by atoms with Crippen molar-refractivity contribution in [3.05, 3.63) is 58.6 Å². The molecule has 0 unspecified atom stereocenters. The number of nitrogens with zero attached hydrogens (tertiary/aromatic N) is 3. The molecule has 1 heterocycles. The first-order chi connectivity index (χ1) is 11.2. The quantitative estimate of drug-likeness (QED) is 0.565. The molecule has 1 N–H and O–H groups in total. The zero-order valence-corrected chi connectivity index (χ0v) is 12.9. The third kappa shape index (κ3) is 3.43. The maximum absolute atomic E-state index is 10.8. The van der Waals surface area contributed by atoms with Crippen LogP contribution in [0.3, 0.4) is 0 Å². The Labute approximate surface area is 135 Å². The second-order valence-corrected chi connectivity index (χ2v) is 5.55. The van der Waals surface area contributed by atoms with Crippen molar-refractivity contribution in [2.24, 2.45) is 0 Å². The van der Waals surface area contributed by atoms with Crippen molar-refractivity contribution >= 4 is 27.8 Å². The molecule has 3 aromatic rings. The minimum Gasteiger partial charge on any atom is -0.497 e. The highest BCUT2D eigenvalue weighted by atomic mass is 32.1. The van der Waals surface area contributed by atoms with Crippen LogP contribution in [-0.4, -0.2) is 22.2 Å². The second-order valence-electron chi connectivity index (χ2n) is 4.58. The number of non-ortho nitro benzene ring substituents is 1. The minimum absolute atomic E-state index is 0.0209. The van der Waals surface area contributed by atoms with E-state index < -0.39 is 4.92 Å². The normalized spacial score (nSPS) is 10.3. The van der Waals surface area contributed by atoms with E-state index in [4.69, 9.17) is 4.74 Å². The van der Waals surface area contributed by atoms with E-state index in [-0.39, 0.29) is 5.69 Å². The Morgan fingerprint density at radius 1 is 1.17 bits per heavy atom. The molecule has 7 nitrogen and oxygen atoms in total. The van der Waals surface area contributed by atoms with E-state index in [0.717, 1.165) is 16.3 Å². The highest BCUT2D eigenvalue weighted by Gasteiger charge is 2.10. The summed E-state index contributed by atoms with van der Waals surface area (Å²) in [6, 6.07) is 13.8. The zero-order chi connectivity index (χ0) is 16.2. The van der Waals surface area contributed by atoms with Crippen LogP contribution < -0.4 is 10.1 Å². The molecule has 0 spiro atoms. The number of benzene rings is 2. The molecule has 0 fully saturated rings. The number of nitrogens with one attached hydrogen (secondary N) is 1. The van der Waals surface area contributed by atoms with Gasteiger partial charge in [0, 0.05) is 23.4 Å². The lowest BCUT2D eigenvalue weighted by atomic mass is 10.2. The van der Waals surface area contributed by atoms with Gasteiger partial charge in [-0.25, -0.2) is 0 Å². The predicted octanol–water partition coefficient (Wildman–Crippen LogP) is 3.87. The van der Waals surface area contributed by atoms with E-state index in [1.54, 1.807) is 19.2 Å². The third-order valence-electron chi connectivity index (χ3n) is 3.05. The molecule has 116 valence electrons. The van der Waals surface area contributed by atoms with Crippen LogP contribution in [0.2, 0.25) is 0 Å². The summed E-state index contributed by atoms with van der Waals surface area (Å²) >= 11 is 1.36. The molecule has 1 aromatic heterocycles. The Hall–Kier alpha value is -3.00. The number of anilines is 2.